The predicted octanol–water partition coefficient (Wildman–Crippen LogP) is 3.77. The second-order valence-electron chi connectivity index (χ2n) is 8.15. The van der Waals surface area contributed by atoms with Crippen LogP contribution in [0, 0.1) is 5.41 Å². The fraction of sp³-hybridized carbons (Fsp3) is 0.632. The molecule has 0 amide bonds. The van der Waals surface area contributed by atoms with Gasteiger partial charge in [0.25, 0.3) is 5.92 Å². The van der Waals surface area contributed by atoms with Gasteiger partial charge in [-0.15, -0.1) is 0 Å². The molecule has 3 fully saturated rings. The lowest BCUT2D eigenvalue weighted by molar-refractivity contribution is -0.174. The Labute approximate surface area is 154 Å². The molecule has 27 heavy (non-hydrogen) atoms. The van der Waals surface area contributed by atoms with E-state index in [4.69, 9.17) is 4.74 Å². The molecule has 4 rings (SSSR count). The van der Waals surface area contributed by atoms with Crippen molar-refractivity contribution < 1.29 is 27.1 Å². The Kier molecular flexibility index (Phi) is 4.18. The first-order valence-electron chi connectivity index (χ1n) is 9.08. The lowest BCUT2D eigenvalue weighted by Crippen LogP contribution is -2.57. The van der Waals surface area contributed by atoms with Gasteiger partial charge in [0.15, 0.2) is 0 Å². The number of carbonyl (C=O) groups is 1. The summed E-state index contributed by atoms with van der Waals surface area (Å²) in [5.41, 5.74) is 1.21. The zero-order valence-corrected chi connectivity index (χ0v) is 15.0. The summed E-state index contributed by atoms with van der Waals surface area (Å²) in [6.07, 6.45) is 0.999. The number of nitrogens with one attached hydrogen (secondary N) is 1. The molecule has 0 aromatic heterocycles. The van der Waals surface area contributed by atoms with Gasteiger partial charge in [-0.3, -0.25) is 0 Å². The zero-order chi connectivity index (χ0) is 19.4. The number of rotatable bonds is 3. The number of ether oxygens (including phenoxy) is 1. The van der Waals surface area contributed by atoms with Crippen LogP contribution < -0.4 is 10.2 Å². The van der Waals surface area contributed by atoms with Gasteiger partial charge in [-0.05, 0) is 42.5 Å². The van der Waals surface area contributed by atoms with Crippen molar-refractivity contribution >= 4 is 11.7 Å². The van der Waals surface area contributed by atoms with Crippen LogP contribution in [-0.2, 0) is 4.74 Å². The fourth-order valence-corrected chi connectivity index (χ4v) is 4.74. The number of hydrogen-bond acceptors (Lipinski definition) is 4. The third-order valence-corrected chi connectivity index (χ3v) is 5.96. The van der Waals surface area contributed by atoms with Gasteiger partial charge < -0.3 is 15.0 Å². The number of anilines is 1. The van der Waals surface area contributed by atoms with Crippen molar-refractivity contribution in [2.45, 2.75) is 43.6 Å². The van der Waals surface area contributed by atoms with Crippen molar-refractivity contribution in [3.05, 3.63) is 29.3 Å². The van der Waals surface area contributed by atoms with Gasteiger partial charge in [0, 0.05) is 24.6 Å². The van der Waals surface area contributed by atoms with E-state index in [1.54, 1.807) is 18.2 Å². The molecule has 3 aliphatic rings. The van der Waals surface area contributed by atoms with Crippen LogP contribution >= 0.6 is 0 Å². The largest absolute Gasteiger partial charge is 0.465 e. The van der Waals surface area contributed by atoms with Crippen LogP contribution in [0.5, 0.6) is 0 Å². The lowest BCUT2D eigenvalue weighted by Gasteiger charge is -2.52. The monoisotopic (exact) mass is 386 g/mol. The number of methoxy groups -OCH3 is 1. The minimum Gasteiger partial charge on any atom is -0.465 e. The summed E-state index contributed by atoms with van der Waals surface area (Å²) in [5, 5.41) is 3.34. The average Bonchev–Trinajstić information content (AvgIpc) is 2.56. The van der Waals surface area contributed by atoms with Crippen LogP contribution in [0.2, 0.25) is 0 Å². The van der Waals surface area contributed by atoms with Crippen LogP contribution in [0.4, 0.5) is 23.2 Å². The van der Waals surface area contributed by atoms with Gasteiger partial charge in [-0.1, -0.05) is 6.07 Å². The normalized spacial score (nSPS) is 27.6. The van der Waals surface area contributed by atoms with E-state index in [2.05, 4.69) is 5.32 Å². The second-order valence-corrected chi connectivity index (χ2v) is 8.15. The Hall–Kier alpha value is -1.83. The molecule has 1 atom stereocenters. The Bertz CT molecular complexity index is 752. The molecule has 1 aromatic rings. The third-order valence-electron chi connectivity index (χ3n) is 5.96. The number of halogens is 4. The third kappa shape index (κ3) is 3.39. The minimum atomic E-state index is -2.75. The van der Waals surface area contributed by atoms with Crippen molar-refractivity contribution in [3.63, 3.8) is 0 Å². The van der Waals surface area contributed by atoms with Gasteiger partial charge in [0.1, 0.15) is 0 Å². The molecule has 1 aliphatic carbocycles. The van der Waals surface area contributed by atoms with Crippen molar-refractivity contribution in [1.82, 2.24) is 5.32 Å². The van der Waals surface area contributed by atoms with Gasteiger partial charge in [-0.25, -0.2) is 22.4 Å². The number of hydrogen-bond donors (Lipinski definition) is 1. The van der Waals surface area contributed by atoms with Crippen molar-refractivity contribution in [2.24, 2.45) is 5.41 Å². The average molecular weight is 386 g/mol. The molecule has 8 heteroatoms. The molecule has 4 nitrogen and oxygen atoms in total. The van der Waals surface area contributed by atoms with Gasteiger partial charge in [0.05, 0.1) is 25.8 Å². The molecule has 2 aliphatic heterocycles. The number of benzene rings is 1. The van der Waals surface area contributed by atoms with E-state index in [9.17, 15) is 22.4 Å². The van der Waals surface area contributed by atoms with E-state index in [0.717, 1.165) is 5.56 Å². The Morgan fingerprint density at radius 1 is 1.19 bits per heavy atom. The van der Waals surface area contributed by atoms with Crippen molar-refractivity contribution in [1.29, 1.82) is 0 Å². The summed E-state index contributed by atoms with van der Waals surface area (Å²) >= 11 is 0. The Balaban J connectivity index is 1.62. The van der Waals surface area contributed by atoms with E-state index < -0.39 is 36.3 Å². The number of carbonyl (C=O) groups excluding carboxylic acids is 1. The number of esters is 1. The second kappa shape index (κ2) is 6.09. The topological polar surface area (TPSA) is 41.6 Å². The van der Waals surface area contributed by atoms with Crippen LogP contribution in [0.25, 0.3) is 0 Å². The highest BCUT2D eigenvalue weighted by Gasteiger charge is 2.57. The molecule has 1 aromatic carbocycles. The first-order valence-corrected chi connectivity index (χ1v) is 9.08. The molecule has 1 unspecified atom stereocenters. The first-order chi connectivity index (χ1) is 12.6. The SMILES string of the molecule is COC(=O)c1ccc(C2CC3(CCN2)CC(F)(F)C3)c(N2CC(F)(F)C2)c1. The van der Waals surface area contributed by atoms with E-state index in [1.807, 2.05) is 0 Å². The van der Waals surface area contributed by atoms with Crippen LogP contribution in [0.1, 0.15) is 47.6 Å². The molecule has 1 spiro atoms. The molecule has 148 valence electrons. The van der Waals surface area contributed by atoms with Gasteiger partial charge >= 0.3 is 5.97 Å². The van der Waals surface area contributed by atoms with Crippen molar-refractivity contribution in [3.8, 4) is 0 Å². The van der Waals surface area contributed by atoms with Crippen LogP contribution in [0.3, 0.4) is 0 Å². The first kappa shape index (κ1) is 18.5. The summed E-state index contributed by atoms with van der Waals surface area (Å²) in [4.78, 5) is 13.4. The predicted molar refractivity (Wildman–Crippen MR) is 91.5 cm³/mol. The minimum absolute atomic E-state index is 0.116. The van der Waals surface area contributed by atoms with Gasteiger partial charge in [0.2, 0.25) is 5.92 Å². The number of alkyl halides is 4. The molecule has 0 radical (unpaired) electrons. The quantitative estimate of drug-likeness (QED) is 0.634. The van der Waals surface area contributed by atoms with E-state index in [-0.39, 0.29) is 24.4 Å². The maximum atomic E-state index is 13.5. The molecule has 2 heterocycles. The molecule has 0 bridgehead atoms. The molecular weight excluding hydrogens is 364 g/mol. The zero-order valence-electron chi connectivity index (χ0n) is 15.0. The molecule has 1 N–H and O–H groups in total. The fourth-order valence-electron chi connectivity index (χ4n) is 4.74. The summed E-state index contributed by atoms with van der Waals surface area (Å²) in [7, 11) is 1.26. The Morgan fingerprint density at radius 3 is 2.48 bits per heavy atom. The van der Waals surface area contributed by atoms with Crippen LogP contribution in [-0.4, -0.2) is 44.6 Å². The van der Waals surface area contributed by atoms with E-state index in [0.29, 0.717) is 25.1 Å². The maximum Gasteiger partial charge on any atom is 0.337 e. The highest BCUT2D eigenvalue weighted by Crippen LogP contribution is 2.59. The van der Waals surface area contributed by atoms with E-state index >= 15 is 0 Å². The molecule has 2 saturated heterocycles. The molecule has 1 saturated carbocycles. The van der Waals surface area contributed by atoms with Crippen LogP contribution in [0.15, 0.2) is 18.2 Å². The molecular formula is C19H22F4N2O2. The highest BCUT2D eigenvalue weighted by atomic mass is 19.3. The number of nitrogens with zero attached hydrogens (tertiary/aromatic N) is 1. The summed E-state index contributed by atoms with van der Waals surface area (Å²) in [6.45, 7) is -0.226. The summed E-state index contributed by atoms with van der Waals surface area (Å²) < 4.78 is 58.5. The lowest BCUT2D eigenvalue weighted by atomic mass is 9.59. The Morgan fingerprint density at radius 2 is 1.89 bits per heavy atom. The smallest absolute Gasteiger partial charge is 0.337 e. The van der Waals surface area contributed by atoms with E-state index in [1.165, 1.54) is 12.0 Å². The number of piperidine rings is 1. The summed E-state index contributed by atoms with van der Waals surface area (Å²) in [5.74, 6) is -5.89. The van der Waals surface area contributed by atoms with Crippen molar-refractivity contribution in [2.75, 3.05) is 31.6 Å². The van der Waals surface area contributed by atoms with Gasteiger partial charge in [-0.2, -0.15) is 0 Å². The summed E-state index contributed by atoms with van der Waals surface area (Å²) in [6, 6.07) is 4.69. The maximum absolute atomic E-state index is 13.5. The standard InChI is InChI=1S/C19H22F4N2O2/c1-27-16(26)12-2-3-13(15(6-12)25-10-19(22,23)11-25)14-7-17(4-5-24-14)8-18(20,21)9-17/h2-3,6,14,24H,4-5,7-11H2,1H3. The highest BCUT2D eigenvalue weighted by molar-refractivity contribution is 5.91.